The number of rotatable bonds is 8. The van der Waals surface area contributed by atoms with Crippen LogP contribution in [0.5, 0.6) is 0 Å². The lowest BCUT2D eigenvalue weighted by atomic mass is 9.49. The van der Waals surface area contributed by atoms with Crippen LogP contribution in [0.3, 0.4) is 0 Å². The number of hydrogen-bond donors (Lipinski definition) is 1. The van der Waals surface area contributed by atoms with E-state index in [2.05, 4.69) is 11.9 Å². The smallest absolute Gasteiger partial charge is 0.250 e. The second kappa shape index (κ2) is 15.1. The molecule has 2 fully saturated rings. The summed E-state index contributed by atoms with van der Waals surface area (Å²) in [5.41, 5.74) is 0.850. The Hall–Kier alpha value is -0.765. The fraction of sp³-hybridized carbons (Fsp3) is 0.880. The lowest BCUT2D eigenvalue weighted by molar-refractivity contribution is -0.124. The van der Waals surface area contributed by atoms with Gasteiger partial charge in [-0.2, -0.15) is 0 Å². The Labute approximate surface area is 181 Å². The monoisotopic (exact) mass is 403 g/mol. The Balaban J connectivity index is 1.65. The summed E-state index contributed by atoms with van der Waals surface area (Å²) < 4.78 is 4.87. The molecular weight excluding hydrogens is 357 g/mol. The lowest BCUT2D eigenvalue weighted by Gasteiger charge is -2.27. The average Bonchev–Trinajstić information content (AvgIpc) is 2.68. The number of allylic oxidation sites excluding steroid dienone is 1. The van der Waals surface area contributed by atoms with Gasteiger partial charge in [-0.05, 0) is 18.8 Å². The summed E-state index contributed by atoms with van der Waals surface area (Å²) >= 11 is 0. The van der Waals surface area contributed by atoms with Gasteiger partial charge < -0.3 is 10.1 Å². The number of carbonyl (C=O) groups excluding carboxylic acids is 1. The quantitative estimate of drug-likeness (QED) is 0.467. The second-order valence-corrected chi connectivity index (χ2v) is 9.87. The molecule has 2 aliphatic carbocycles. The van der Waals surface area contributed by atoms with Crippen LogP contribution in [0, 0.1) is 5.92 Å². The predicted molar refractivity (Wildman–Crippen MR) is 126 cm³/mol. The van der Waals surface area contributed by atoms with E-state index in [0.29, 0.717) is 0 Å². The Kier molecular flexibility index (Phi) is 12.8. The highest BCUT2D eigenvalue weighted by molar-refractivity contribution is 6.39. The molecule has 0 aromatic rings. The van der Waals surface area contributed by atoms with Crippen LogP contribution in [-0.4, -0.2) is 26.9 Å². The van der Waals surface area contributed by atoms with E-state index >= 15 is 0 Å². The first-order valence-corrected chi connectivity index (χ1v) is 12.6. The van der Waals surface area contributed by atoms with Crippen molar-refractivity contribution in [3.8, 4) is 0 Å². The zero-order valence-corrected chi connectivity index (χ0v) is 19.2. The van der Waals surface area contributed by atoms with E-state index in [1.165, 1.54) is 110 Å². The zero-order chi connectivity index (χ0) is 20.7. The molecule has 0 aromatic heterocycles. The van der Waals surface area contributed by atoms with Gasteiger partial charge in [-0.25, -0.2) is 0 Å². The summed E-state index contributed by atoms with van der Waals surface area (Å²) in [4.78, 5) is 11.6. The maximum Gasteiger partial charge on any atom is 0.250 e. The SMILES string of the molecule is C=C(CCC1CCCC(BC2CCCCCCCCC2)CCC1)NC(=O)COC. The summed E-state index contributed by atoms with van der Waals surface area (Å²) in [6.07, 6.45) is 23.8. The summed E-state index contributed by atoms with van der Waals surface area (Å²) in [5.74, 6) is 2.71. The molecule has 0 aliphatic heterocycles. The molecule has 3 nitrogen and oxygen atoms in total. The van der Waals surface area contributed by atoms with Crippen LogP contribution in [0.15, 0.2) is 12.3 Å². The second-order valence-electron chi connectivity index (χ2n) is 9.87. The van der Waals surface area contributed by atoms with E-state index in [-0.39, 0.29) is 12.5 Å². The highest BCUT2D eigenvalue weighted by atomic mass is 16.5. The van der Waals surface area contributed by atoms with Crippen molar-refractivity contribution in [2.24, 2.45) is 5.92 Å². The van der Waals surface area contributed by atoms with Crippen molar-refractivity contribution >= 4 is 13.2 Å². The van der Waals surface area contributed by atoms with Crippen molar-refractivity contribution in [1.82, 2.24) is 5.32 Å². The maximum atomic E-state index is 11.6. The summed E-state index contributed by atoms with van der Waals surface area (Å²) in [6, 6.07) is 0. The summed E-state index contributed by atoms with van der Waals surface area (Å²) in [7, 11) is 3.05. The molecule has 2 rings (SSSR count). The molecule has 166 valence electrons. The zero-order valence-electron chi connectivity index (χ0n) is 19.2. The van der Waals surface area contributed by atoms with Crippen LogP contribution in [0.25, 0.3) is 0 Å². The van der Waals surface area contributed by atoms with E-state index < -0.39 is 0 Å². The van der Waals surface area contributed by atoms with Gasteiger partial charge in [0.2, 0.25) is 5.91 Å². The van der Waals surface area contributed by atoms with Gasteiger partial charge in [0.15, 0.2) is 0 Å². The standard InChI is InChI=1S/C25H46BNO2/c1-21(27-25(28)20-29-2)18-19-22-12-10-16-24(17-11-13-22)26-23-14-8-6-4-3-5-7-9-15-23/h22-24,26H,1,3-20H2,2H3,(H,27,28). The first kappa shape index (κ1) is 24.5. The van der Waals surface area contributed by atoms with E-state index in [0.717, 1.165) is 29.7 Å². The molecule has 0 heterocycles. The Bertz CT molecular complexity index is 448. The van der Waals surface area contributed by atoms with Crippen molar-refractivity contribution in [3.05, 3.63) is 12.3 Å². The molecule has 0 bridgehead atoms. The molecule has 2 saturated carbocycles. The van der Waals surface area contributed by atoms with Crippen LogP contribution in [-0.2, 0) is 9.53 Å². The third-order valence-corrected chi connectivity index (χ3v) is 7.29. The molecule has 0 unspecified atom stereocenters. The lowest BCUT2D eigenvalue weighted by Crippen LogP contribution is -2.26. The first-order valence-electron chi connectivity index (χ1n) is 12.6. The van der Waals surface area contributed by atoms with Crippen molar-refractivity contribution in [2.75, 3.05) is 13.7 Å². The maximum absolute atomic E-state index is 11.6. The minimum Gasteiger partial charge on any atom is -0.375 e. The topological polar surface area (TPSA) is 38.3 Å². The van der Waals surface area contributed by atoms with Crippen molar-refractivity contribution in [3.63, 3.8) is 0 Å². The molecule has 1 amide bonds. The normalized spacial score (nSPS) is 25.4. The van der Waals surface area contributed by atoms with Gasteiger partial charge in [0.05, 0.1) is 0 Å². The fourth-order valence-corrected chi connectivity index (χ4v) is 5.61. The van der Waals surface area contributed by atoms with E-state index in [1.54, 1.807) is 7.11 Å². The molecule has 0 spiro atoms. The highest BCUT2D eigenvalue weighted by Crippen LogP contribution is 2.36. The van der Waals surface area contributed by atoms with Gasteiger partial charge in [0.1, 0.15) is 13.9 Å². The van der Waals surface area contributed by atoms with Gasteiger partial charge in [-0.15, -0.1) is 0 Å². The summed E-state index contributed by atoms with van der Waals surface area (Å²) in [6.45, 7) is 4.14. The highest BCUT2D eigenvalue weighted by Gasteiger charge is 2.22. The molecule has 29 heavy (non-hydrogen) atoms. The number of ether oxygens (including phenoxy) is 1. The number of nitrogens with one attached hydrogen (secondary N) is 1. The number of amides is 1. The van der Waals surface area contributed by atoms with Crippen LogP contribution in [0.1, 0.15) is 109 Å². The molecule has 0 saturated heterocycles. The molecule has 0 atom stereocenters. The third kappa shape index (κ3) is 11.3. The first-order chi connectivity index (χ1) is 14.2. The van der Waals surface area contributed by atoms with Crippen LogP contribution < -0.4 is 5.32 Å². The average molecular weight is 403 g/mol. The van der Waals surface area contributed by atoms with Gasteiger partial charge in [-0.1, -0.05) is 115 Å². The Morgan fingerprint density at radius 3 is 1.93 bits per heavy atom. The van der Waals surface area contributed by atoms with Crippen LogP contribution >= 0.6 is 0 Å². The molecule has 1 N–H and O–H groups in total. The molecular formula is C25H46BNO2. The number of hydrogen-bond acceptors (Lipinski definition) is 2. The summed E-state index contributed by atoms with van der Waals surface area (Å²) in [5, 5.41) is 2.86. The van der Waals surface area contributed by atoms with Gasteiger partial charge in [0.25, 0.3) is 0 Å². The molecule has 2 aliphatic rings. The number of carbonyl (C=O) groups is 1. The van der Waals surface area contributed by atoms with Crippen molar-refractivity contribution in [2.45, 2.75) is 121 Å². The molecule has 4 heteroatoms. The number of methoxy groups -OCH3 is 1. The van der Waals surface area contributed by atoms with E-state index in [9.17, 15) is 4.79 Å². The van der Waals surface area contributed by atoms with Gasteiger partial charge >= 0.3 is 0 Å². The van der Waals surface area contributed by atoms with Gasteiger partial charge in [0, 0.05) is 12.8 Å². The minimum atomic E-state index is -0.0847. The van der Waals surface area contributed by atoms with Crippen LogP contribution in [0.2, 0.25) is 11.6 Å². The van der Waals surface area contributed by atoms with Crippen LogP contribution in [0.4, 0.5) is 0 Å². The van der Waals surface area contributed by atoms with Gasteiger partial charge in [-0.3, -0.25) is 4.79 Å². The minimum absolute atomic E-state index is 0.0847. The van der Waals surface area contributed by atoms with E-state index in [1.807, 2.05) is 0 Å². The fourth-order valence-electron chi connectivity index (χ4n) is 5.61. The van der Waals surface area contributed by atoms with E-state index in [4.69, 9.17) is 4.74 Å². The largest absolute Gasteiger partial charge is 0.375 e. The van der Waals surface area contributed by atoms with Crippen molar-refractivity contribution < 1.29 is 9.53 Å². The molecule has 0 aromatic carbocycles. The molecule has 0 radical (unpaired) electrons. The predicted octanol–water partition coefficient (Wildman–Crippen LogP) is 6.55. The third-order valence-electron chi connectivity index (χ3n) is 7.29. The Morgan fingerprint density at radius 2 is 1.38 bits per heavy atom. The van der Waals surface area contributed by atoms with Crippen molar-refractivity contribution in [1.29, 1.82) is 0 Å². The Morgan fingerprint density at radius 1 is 0.862 bits per heavy atom.